The summed E-state index contributed by atoms with van der Waals surface area (Å²) in [6.07, 6.45) is 9.35. The molecule has 1 rings (SSSR count). The first kappa shape index (κ1) is 13.8. The van der Waals surface area contributed by atoms with Crippen LogP contribution in [-0.2, 0) is 19.5 Å². The molecule has 0 spiro atoms. The fourth-order valence-corrected chi connectivity index (χ4v) is 1.80. The van der Waals surface area contributed by atoms with Crippen LogP contribution in [0.3, 0.4) is 0 Å². The molecule has 0 radical (unpaired) electrons. The quantitative estimate of drug-likeness (QED) is 0.552. The number of terminal acetylenes is 1. The molecule has 0 atom stereocenters. The van der Waals surface area contributed by atoms with E-state index >= 15 is 0 Å². The molecule has 0 saturated carbocycles. The van der Waals surface area contributed by atoms with Crippen molar-refractivity contribution in [3.05, 3.63) is 17.5 Å². The number of nitrogens with one attached hydrogen (secondary N) is 1. The Kier molecular flexibility index (Phi) is 6.42. The van der Waals surface area contributed by atoms with Gasteiger partial charge in [-0.25, -0.2) is 0 Å². The van der Waals surface area contributed by atoms with Gasteiger partial charge in [-0.2, -0.15) is 5.10 Å². The lowest BCUT2D eigenvalue weighted by atomic mass is 10.2. The van der Waals surface area contributed by atoms with E-state index < -0.39 is 0 Å². The predicted molar refractivity (Wildman–Crippen MR) is 71.7 cm³/mol. The van der Waals surface area contributed by atoms with Crippen LogP contribution in [-0.4, -0.2) is 16.3 Å². The van der Waals surface area contributed by atoms with E-state index in [1.807, 2.05) is 0 Å². The Balaban J connectivity index is 2.30. The van der Waals surface area contributed by atoms with Crippen molar-refractivity contribution >= 4 is 0 Å². The van der Waals surface area contributed by atoms with Crippen molar-refractivity contribution in [1.82, 2.24) is 15.1 Å². The molecule has 0 amide bonds. The normalized spacial score (nSPS) is 10.4. The van der Waals surface area contributed by atoms with Gasteiger partial charge in [0.1, 0.15) is 0 Å². The largest absolute Gasteiger partial charge is 0.311 e. The summed E-state index contributed by atoms with van der Waals surface area (Å²) in [5.74, 6) is 2.66. The molecular weight excluding hydrogens is 210 g/mol. The third-order valence-corrected chi connectivity index (χ3v) is 2.81. The minimum atomic E-state index is 0.883. The molecule has 0 saturated heterocycles. The molecule has 0 aliphatic heterocycles. The van der Waals surface area contributed by atoms with Crippen molar-refractivity contribution in [3.63, 3.8) is 0 Å². The number of hydrogen-bond donors (Lipinski definition) is 1. The van der Waals surface area contributed by atoms with E-state index in [0.717, 1.165) is 45.3 Å². The third kappa shape index (κ3) is 4.62. The van der Waals surface area contributed by atoms with Crippen molar-refractivity contribution in [2.45, 2.75) is 52.6 Å². The zero-order valence-corrected chi connectivity index (χ0v) is 11.0. The van der Waals surface area contributed by atoms with Crippen molar-refractivity contribution < 1.29 is 0 Å². The van der Waals surface area contributed by atoms with Crippen LogP contribution in [0.2, 0.25) is 0 Å². The van der Waals surface area contributed by atoms with E-state index in [2.05, 4.69) is 40.9 Å². The van der Waals surface area contributed by atoms with E-state index in [0.29, 0.717) is 0 Å². The molecule has 0 aliphatic carbocycles. The maximum Gasteiger partial charge on any atom is 0.0625 e. The first-order valence-electron chi connectivity index (χ1n) is 6.51. The monoisotopic (exact) mass is 233 g/mol. The van der Waals surface area contributed by atoms with Crippen molar-refractivity contribution in [3.8, 4) is 12.3 Å². The predicted octanol–water partition coefficient (Wildman–Crippen LogP) is 2.36. The number of aryl methyl sites for hydroxylation is 2. The van der Waals surface area contributed by atoms with Crippen LogP contribution >= 0.6 is 0 Å². The molecule has 1 heterocycles. The molecule has 0 unspecified atom stereocenters. The second-order valence-corrected chi connectivity index (χ2v) is 4.13. The summed E-state index contributed by atoms with van der Waals surface area (Å²) in [6.45, 7) is 7.13. The summed E-state index contributed by atoms with van der Waals surface area (Å²) in [6, 6.07) is 2.19. The molecule has 0 aliphatic rings. The van der Waals surface area contributed by atoms with Gasteiger partial charge in [-0.05, 0) is 38.8 Å². The van der Waals surface area contributed by atoms with E-state index in [-0.39, 0.29) is 0 Å². The number of hydrogen-bond acceptors (Lipinski definition) is 2. The summed E-state index contributed by atoms with van der Waals surface area (Å²) in [4.78, 5) is 0. The summed E-state index contributed by atoms with van der Waals surface area (Å²) >= 11 is 0. The molecule has 3 heteroatoms. The lowest BCUT2D eigenvalue weighted by Crippen LogP contribution is -2.17. The van der Waals surface area contributed by atoms with Gasteiger partial charge in [-0.15, -0.1) is 12.3 Å². The minimum Gasteiger partial charge on any atom is -0.311 e. The Morgan fingerprint density at radius 2 is 2.24 bits per heavy atom. The molecule has 1 aromatic heterocycles. The number of rotatable bonds is 8. The van der Waals surface area contributed by atoms with Gasteiger partial charge in [0.05, 0.1) is 11.4 Å². The van der Waals surface area contributed by atoms with Gasteiger partial charge in [0.25, 0.3) is 0 Å². The summed E-state index contributed by atoms with van der Waals surface area (Å²) in [5, 5.41) is 7.97. The van der Waals surface area contributed by atoms with Gasteiger partial charge in [0.15, 0.2) is 0 Å². The lowest BCUT2D eigenvalue weighted by Gasteiger charge is -2.06. The van der Waals surface area contributed by atoms with Gasteiger partial charge in [-0.3, -0.25) is 4.68 Å². The third-order valence-electron chi connectivity index (χ3n) is 2.81. The van der Waals surface area contributed by atoms with Crippen molar-refractivity contribution in [1.29, 1.82) is 0 Å². The molecule has 1 N–H and O–H groups in total. The van der Waals surface area contributed by atoms with Crippen LogP contribution in [0.5, 0.6) is 0 Å². The molecular formula is C14H23N3. The van der Waals surface area contributed by atoms with E-state index in [9.17, 15) is 0 Å². The van der Waals surface area contributed by atoms with Crippen LogP contribution in [0.4, 0.5) is 0 Å². The Morgan fingerprint density at radius 3 is 2.88 bits per heavy atom. The minimum absolute atomic E-state index is 0.883. The van der Waals surface area contributed by atoms with Gasteiger partial charge in [0.2, 0.25) is 0 Å². The highest BCUT2D eigenvalue weighted by Gasteiger charge is 2.04. The second kappa shape index (κ2) is 7.92. The average molecular weight is 233 g/mol. The summed E-state index contributed by atoms with van der Waals surface area (Å²) in [5.41, 5.74) is 2.46. The maximum atomic E-state index is 5.21. The Labute approximate surface area is 105 Å². The Morgan fingerprint density at radius 1 is 1.41 bits per heavy atom. The highest BCUT2D eigenvalue weighted by molar-refractivity contribution is 5.10. The van der Waals surface area contributed by atoms with E-state index in [1.165, 1.54) is 11.4 Å². The second-order valence-electron chi connectivity index (χ2n) is 4.13. The lowest BCUT2D eigenvalue weighted by molar-refractivity contribution is 0.565. The van der Waals surface area contributed by atoms with Crippen molar-refractivity contribution in [2.24, 2.45) is 0 Å². The Hall–Kier alpha value is -1.27. The SMILES string of the molecule is C#CCCCCNCc1cc(CC)nn1CC. The van der Waals surface area contributed by atoms with E-state index in [1.54, 1.807) is 0 Å². The van der Waals surface area contributed by atoms with Crippen LogP contribution < -0.4 is 5.32 Å². The molecule has 17 heavy (non-hydrogen) atoms. The highest BCUT2D eigenvalue weighted by atomic mass is 15.3. The number of nitrogens with zero attached hydrogens (tertiary/aromatic N) is 2. The maximum absolute atomic E-state index is 5.21. The van der Waals surface area contributed by atoms with Gasteiger partial charge in [0, 0.05) is 19.5 Å². The van der Waals surface area contributed by atoms with Gasteiger partial charge < -0.3 is 5.32 Å². The van der Waals surface area contributed by atoms with Gasteiger partial charge >= 0.3 is 0 Å². The number of unbranched alkanes of at least 4 members (excludes halogenated alkanes) is 2. The first-order valence-corrected chi connectivity index (χ1v) is 6.51. The molecule has 1 aromatic rings. The van der Waals surface area contributed by atoms with Crippen LogP contribution in [0, 0.1) is 12.3 Å². The van der Waals surface area contributed by atoms with E-state index in [4.69, 9.17) is 6.42 Å². The molecule has 0 fully saturated rings. The topological polar surface area (TPSA) is 29.9 Å². The number of aromatic nitrogens is 2. The smallest absolute Gasteiger partial charge is 0.0625 e. The first-order chi connectivity index (χ1) is 8.31. The average Bonchev–Trinajstić information content (AvgIpc) is 2.76. The van der Waals surface area contributed by atoms with Crippen LogP contribution in [0.1, 0.15) is 44.5 Å². The summed E-state index contributed by atoms with van der Waals surface area (Å²) in [7, 11) is 0. The zero-order chi connectivity index (χ0) is 12.5. The zero-order valence-electron chi connectivity index (χ0n) is 11.0. The molecule has 94 valence electrons. The standard InChI is InChI=1S/C14H23N3/c1-4-7-8-9-10-15-12-14-11-13(5-2)16-17(14)6-3/h1,11,15H,5-10,12H2,2-3H3. The fourth-order valence-electron chi connectivity index (χ4n) is 1.80. The molecule has 0 bridgehead atoms. The van der Waals surface area contributed by atoms with Crippen LogP contribution in [0.15, 0.2) is 6.07 Å². The Bertz CT molecular complexity index is 360. The van der Waals surface area contributed by atoms with Crippen LogP contribution in [0.25, 0.3) is 0 Å². The highest BCUT2D eigenvalue weighted by Crippen LogP contribution is 2.05. The molecule has 0 aromatic carbocycles. The fraction of sp³-hybridized carbons (Fsp3) is 0.643. The summed E-state index contributed by atoms with van der Waals surface area (Å²) < 4.78 is 2.08. The van der Waals surface area contributed by atoms with Gasteiger partial charge in [-0.1, -0.05) is 6.92 Å². The van der Waals surface area contributed by atoms with Crippen molar-refractivity contribution in [2.75, 3.05) is 6.54 Å². The molecule has 3 nitrogen and oxygen atoms in total.